The first-order valence-electron chi connectivity index (χ1n) is 8.86. The van der Waals surface area contributed by atoms with Gasteiger partial charge in [0.1, 0.15) is 5.75 Å². The molecule has 2 aromatic heterocycles. The van der Waals surface area contributed by atoms with Crippen molar-refractivity contribution in [3.63, 3.8) is 0 Å². The van der Waals surface area contributed by atoms with Gasteiger partial charge in [0.15, 0.2) is 17.2 Å². The molecule has 0 fully saturated rings. The highest BCUT2D eigenvalue weighted by Gasteiger charge is 2.18. The minimum atomic E-state index is -0.548. The molecule has 6 nitrogen and oxygen atoms in total. The van der Waals surface area contributed by atoms with Gasteiger partial charge in [-0.05, 0) is 57.9 Å². The molecule has 0 radical (unpaired) electrons. The number of pyridine rings is 1. The Morgan fingerprint density at radius 2 is 1.87 bits per heavy atom. The Hall–Kier alpha value is -3.75. The van der Waals surface area contributed by atoms with E-state index in [2.05, 4.69) is 26.0 Å². The first kappa shape index (κ1) is 19.6. The molecule has 0 aliphatic rings. The number of aryl methyl sites for hydroxylation is 1. The Labute approximate surface area is 179 Å². The molecule has 2 aromatic carbocycles. The van der Waals surface area contributed by atoms with Crippen LogP contribution in [0.5, 0.6) is 11.5 Å². The molecule has 146 valence electrons. The fourth-order valence-corrected chi connectivity index (χ4v) is 3.57. The van der Waals surface area contributed by atoms with Crippen LogP contribution in [0.15, 0.2) is 53.1 Å². The van der Waals surface area contributed by atoms with E-state index in [0.717, 1.165) is 11.0 Å². The van der Waals surface area contributed by atoms with Crippen molar-refractivity contribution in [3.05, 3.63) is 81.3 Å². The van der Waals surface area contributed by atoms with Crippen molar-refractivity contribution in [2.75, 3.05) is 0 Å². The van der Waals surface area contributed by atoms with Crippen LogP contribution in [-0.2, 0) is 13.5 Å². The van der Waals surface area contributed by atoms with E-state index in [0.29, 0.717) is 15.7 Å². The van der Waals surface area contributed by atoms with E-state index in [4.69, 9.17) is 15.3 Å². The van der Waals surface area contributed by atoms with Gasteiger partial charge in [-0.3, -0.25) is 4.68 Å². The van der Waals surface area contributed by atoms with E-state index < -0.39 is 5.82 Å². The average molecular weight is 462 g/mol. The zero-order valence-corrected chi connectivity index (χ0v) is 17.3. The summed E-state index contributed by atoms with van der Waals surface area (Å²) in [7, 11) is 1.79. The molecule has 0 atom stereocenters. The Morgan fingerprint density at radius 3 is 2.57 bits per heavy atom. The maximum absolute atomic E-state index is 15.3. The number of nitriles is 2. The smallest absolute Gasteiger partial charge is 0.177 e. The summed E-state index contributed by atoms with van der Waals surface area (Å²) in [6, 6.07) is 15.4. The number of halogens is 2. The van der Waals surface area contributed by atoms with Crippen LogP contribution in [0, 0.1) is 28.5 Å². The monoisotopic (exact) mass is 461 g/mol. The summed E-state index contributed by atoms with van der Waals surface area (Å²) in [5, 5.41) is 23.6. The van der Waals surface area contributed by atoms with Crippen LogP contribution in [-0.4, -0.2) is 14.8 Å². The summed E-state index contributed by atoms with van der Waals surface area (Å²) in [4.78, 5) is 4.31. The third kappa shape index (κ3) is 3.61. The number of hydrogen-bond acceptors (Lipinski definition) is 5. The summed E-state index contributed by atoms with van der Waals surface area (Å²) < 4.78 is 23.2. The third-order valence-electron chi connectivity index (χ3n) is 4.55. The largest absolute Gasteiger partial charge is 0.453 e. The molecule has 0 unspecified atom stereocenters. The molecule has 30 heavy (non-hydrogen) atoms. The minimum Gasteiger partial charge on any atom is -0.453 e. The van der Waals surface area contributed by atoms with Crippen LogP contribution < -0.4 is 4.74 Å². The Morgan fingerprint density at radius 1 is 1.13 bits per heavy atom. The van der Waals surface area contributed by atoms with Crippen LogP contribution in [0.2, 0.25) is 0 Å². The molecule has 0 saturated heterocycles. The van der Waals surface area contributed by atoms with Crippen molar-refractivity contribution >= 4 is 27.0 Å². The molecule has 8 heteroatoms. The second-order valence-electron chi connectivity index (χ2n) is 6.54. The Kier molecular flexibility index (Phi) is 5.18. The van der Waals surface area contributed by atoms with Crippen molar-refractivity contribution in [2.45, 2.75) is 6.42 Å². The number of aromatic nitrogens is 3. The van der Waals surface area contributed by atoms with Gasteiger partial charge in [0.2, 0.25) is 0 Å². The molecule has 4 aromatic rings. The molecular weight excluding hydrogens is 449 g/mol. The normalized spacial score (nSPS) is 10.6. The van der Waals surface area contributed by atoms with Crippen LogP contribution in [0.1, 0.15) is 22.4 Å². The van der Waals surface area contributed by atoms with Crippen LogP contribution in [0.25, 0.3) is 11.0 Å². The topological polar surface area (TPSA) is 87.5 Å². The molecule has 0 saturated carbocycles. The summed E-state index contributed by atoms with van der Waals surface area (Å²) in [5.74, 6) is -0.368. The first-order chi connectivity index (χ1) is 14.5. The average Bonchev–Trinajstić information content (AvgIpc) is 3.08. The van der Waals surface area contributed by atoms with Crippen LogP contribution in [0.3, 0.4) is 0 Å². The highest BCUT2D eigenvalue weighted by atomic mass is 79.9. The van der Waals surface area contributed by atoms with Gasteiger partial charge in [0, 0.05) is 25.1 Å². The predicted octanol–water partition coefficient (Wildman–Crippen LogP) is 5.00. The molecule has 0 amide bonds. The van der Waals surface area contributed by atoms with Crippen LogP contribution in [0.4, 0.5) is 4.39 Å². The van der Waals surface area contributed by atoms with Gasteiger partial charge < -0.3 is 4.74 Å². The fourth-order valence-electron chi connectivity index (χ4n) is 3.18. The molecule has 4 rings (SSSR count). The van der Waals surface area contributed by atoms with Gasteiger partial charge in [-0.15, -0.1) is 0 Å². The third-order valence-corrected chi connectivity index (χ3v) is 5.17. The number of ether oxygens (including phenoxy) is 1. The number of benzene rings is 2. The SMILES string of the molecule is Cn1nc(Cc2ccc(Br)c(Oc3cc(C#N)cc(C#N)c3)c2F)c2cccnc21. The molecular formula is C22H13BrFN5O. The zero-order valence-electron chi connectivity index (χ0n) is 15.7. The van der Waals surface area contributed by atoms with Gasteiger partial charge in [-0.1, -0.05) is 6.07 Å². The lowest BCUT2D eigenvalue weighted by atomic mass is 10.1. The van der Waals surface area contributed by atoms with Crippen LogP contribution >= 0.6 is 15.9 Å². The number of fused-ring (bicyclic) bond motifs is 1. The minimum absolute atomic E-state index is 0.0233. The fraction of sp³-hybridized carbons (Fsp3) is 0.0909. The van der Waals surface area contributed by atoms with Gasteiger partial charge in [0.25, 0.3) is 0 Å². The predicted molar refractivity (Wildman–Crippen MR) is 111 cm³/mol. The Bertz CT molecular complexity index is 1330. The van der Waals surface area contributed by atoms with Gasteiger partial charge in [-0.25, -0.2) is 9.37 Å². The molecule has 0 aliphatic heterocycles. The summed E-state index contributed by atoms with van der Waals surface area (Å²) in [5.41, 5.74) is 2.33. The zero-order chi connectivity index (χ0) is 21.3. The maximum Gasteiger partial charge on any atom is 0.177 e. The molecule has 2 heterocycles. The lowest BCUT2D eigenvalue weighted by molar-refractivity contribution is 0.436. The van der Waals surface area contributed by atoms with Crippen molar-refractivity contribution in [1.82, 2.24) is 14.8 Å². The van der Waals surface area contributed by atoms with E-state index in [1.165, 1.54) is 18.2 Å². The van der Waals surface area contributed by atoms with Gasteiger partial charge in [0.05, 0.1) is 33.4 Å². The highest BCUT2D eigenvalue weighted by Crippen LogP contribution is 2.36. The van der Waals surface area contributed by atoms with Crippen molar-refractivity contribution in [2.24, 2.45) is 7.05 Å². The second-order valence-corrected chi connectivity index (χ2v) is 7.40. The number of nitrogens with zero attached hydrogens (tertiary/aromatic N) is 5. The number of rotatable bonds is 4. The lowest BCUT2D eigenvalue weighted by Gasteiger charge is -2.12. The standard InChI is InChI=1S/C22H13BrFN5O/c1-29-22-17(3-2-6-27-22)19(28-29)10-15-4-5-18(23)21(20(15)24)30-16-8-13(11-25)7-14(9-16)12-26/h2-9H,10H2,1H3. The maximum atomic E-state index is 15.3. The van der Waals surface area contributed by atoms with Crippen molar-refractivity contribution < 1.29 is 9.13 Å². The van der Waals surface area contributed by atoms with E-state index >= 15 is 4.39 Å². The summed E-state index contributed by atoms with van der Waals surface area (Å²) >= 11 is 3.31. The van der Waals surface area contributed by atoms with Crippen molar-refractivity contribution in [1.29, 1.82) is 10.5 Å². The molecule has 0 spiro atoms. The molecule has 0 N–H and O–H groups in total. The van der Waals surface area contributed by atoms with E-state index in [1.807, 2.05) is 24.3 Å². The molecule has 0 bridgehead atoms. The van der Waals surface area contributed by atoms with Gasteiger partial charge >= 0.3 is 0 Å². The quantitative estimate of drug-likeness (QED) is 0.426. The van der Waals surface area contributed by atoms with Crippen molar-refractivity contribution in [3.8, 4) is 23.6 Å². The number of hydrogen-bond donors (Lipinski definition) is 0. The van der Waals surface area contributed by atoms with E-state index in [1.54, 1.807) is 30.1 Å². The highest BCUT2D eigenvalue weighted by molar-refractivity contribution is 9.10. The van der Waals surface area contributed by atoms with Gasteiger partial charge in [-0.2, -0.15) is 15.6 Å². The lowest BCUT2D eigenvalue weighted by Crippen LogP contribution is -1.99. The summed E-state index contributed by atoms with van der Waals surface area (Å²) in [6.07, 6.45) is 1.94. The summed E-state index contributed by atoms with van der Waals surface area (Å²) in [6.45, 7) is 0. The Balaban J connectivity index is 1.73. The first-order valence-corrected chi connectivity index (χ1v) is 9.66. The molecule has 0 aliphatic carbocycles. The van der Waals surface area contributed by atoms with E-state index in [-0.39, 0.29) is 29.0 Å². The van der Waals surface area contributed by atoms with E-state index in [9.17, 15) is 0 Å². The second kappa shape index (κ2) is 7.94.